The van der Waals surface area contributed by atoms with Gasteiger partial charge in [-0.2, -0.15) is 0 Å². The van der Waals surface area contributed by atoms with Crippen LogP contribution in [0, 0.1) is 12.8 Å². The number of hydrogen-bond donors (Lipinski definition) is 0. The molecule has 1 aromatic heterocycles. The molecule has 4 aliphatic rings. The first kappa shape index (κ1) is 17.6. The van der Waals surface area contributed by atoms with E-state index in [1.54, 1.807) is 0 Å². The average Bonchev–Trinajstić information content (AvgIpc) is 3.33. The van der Waals surface area contributed by atoms with E-state index in [1.807, 2.05) is 4.90 Å². The van der Waals surface area contributed by atoms with Crippen molar-refractivity contribution in [3.05, 3.63) is 17.1 Å². The van der Waals surface area contributed by atoms with Gasteiger partial charge in [-0.05, 0) is 64.3 Å². The Morgan fingerprint density at radius 3 is 2.52 bits per heavy atom. The molecule has 3 heterocycles. The highest BCUT2D eigenvalue weighted by Crippen LogP contribution is 2.39. The quantitative estimate of drug-likeness (QED) is 0.808. The van der Waals surface area contributed by atoms with Gasteiger partial charge < -0.3 is 0 Å². The van der Waals surface area contributed by atoms with Gasteiger partial charge in [0.05, 0.1) is 6.04 Å². The molecule has 1 unspecified atom stereocenters. The van der Waals surface area contributed by atoms with Crippen molar-refractivity contribution in [2.24, 2.45) is 5.92 Å². The summed E-state index contributed by atoms with van der Waals surface area (Å²) in [5.74, 6) is 2.86. The van der Waals surface area contributed by atoms with Crippen LogP contribution >= 0.6 is 0 Å². The fourth-order valence-corrected chi connectivity index (χ4v) is 5.40. The van der Waals surface area contributed by atoms with Crippen LogP contribution < -0.4 is 4.90 Å². The molecule has 0 N–H and O–H groups in total. The second-order valence-electron chi connectivity index (χ2n) is 9.10. The minimum Gasteiger partial charge on any atom is -0.296 e. The molecule has 1 aromatic rings. The lowest BCUT2D eigenvalue weighted by Gasteiger charge is -2.39. The molecule has 1 atom stereocenters. The molecule has 1 amide bonds. The summed E-state index contributed by atoms with van der Waals surface area (Å²) >= 11 is 0. The molecule has 0 spiro atoms. The Hall–Kier alpha value is -1.49. The molecule has 3 fully saturated rings. The van der Waals surface area contributed by atoms with Crippen LogP contribution in [0.1, 0.15) is 87.3 Å². The molecule has 0 aromatic carbocycles. The van der Waals surface area contributed by atoms with Crippen molar-refractivity contribution in [1.29, 1.82) is 0 Å². The number of carbonyl (C=O) groups is 1. The third-order valence-electron chi connectivity index (χ3n) is 7.13. The van der Waals surface area contributed by atoms with Gasteiger partial charge in [0, 0.05) is 30.3 Å². The standard InChI is InChI=1S/C22H32N4O/c1-15-18-11-12-20(27)26(14-16-9-10-16)22(18)24-21(23-15)19-8-4-5-13-25(19)17-6-2-3-7-17/h16-17,19H,2-14H2,1H3. The minimum atomic E-state index is 0.259. The molecule has 5 nitrogen and oxygen atoms in total. The first-order valence-electron chi connectivity index (χ1n) is 11.1. The van der Waals surface area contributed by atoms with E-state index in [0.717, 1.165) is 36.7 Å². The van der Waals surface area contributed by atoms with Gasteiger partial charge in [-0.25, -0.2) is 9.97 Å². The summed E-state index contributed by atoms with van der Waals surface area (Å²) in [6.45, 7) is 4.16. The molecule has 146 valence electrons. The first-order valence-corrected chi connectivity index (χ1v) is 11.1. The number of anilines is 1. The van der Waals surface area contributed by atoms with E-state index in [0.29, 0.717) is 24.4 Å². The predicted molar refractivity (Wildman–Crippen MR) is 106 cm³/mol. The summed E-state index contributed by atoms with van der Waals surface area (Å²) < 4.78 is 0. The number of piperidine rings is 1. The van der Waals surface area contributed by atoms with E-state index >= 15 is 0 Å². The Morgan fingerprint density at radius 2 is 1.74 bits per heavy atom. The molecule has 0 bridgehead atoms. The van der Waals surface area contributed by atoms with Gasteiger partial charge in [-0.15, -0.1) is 0 Å². The number of likely N-dealkylation sites (tertiary alicyclic amines) is 1. The predicted octanol–water partition coefficient (Wildman–Crippen LogP) is 3.94. The van der Waals surface area contributed by atoms with Crippen molar-refractivity contribution in [1.82, 2.24) is 14.9 Å². The number of aryl methyl sites for hydroxylation is 1. The van der Waals surface area contributed by atoms with Crippen LogP contribution in [0.3, 0.4) is 0 Å². The van der Waals surface area contributed by atoms with Gasteiger partial charge in [0.1, 0.15) is 11.6 Å². The van der Waals surface area contributed by atoms with Crippen molar-refractivity contribution in [2.75, 3.05) is 18.0 Å². The van der Waals surface area contributed by atoms with Gasteiger partial charge in [0.2, 0.25) is 5.91 Å². The van der Waals surface area contributed by atoms with Crippen LogP contribution in [-0.4, -0.2) is 39.9 Å². The molecule has 5 rings (SSSR count). The highest BCUT2D eigenvalue weighted by atomic mass is 16.2. The Kier molecular flexibility index (Phi) is 4.66. The maximum Gasteiger partial charge on any atom is 0.228 e. The molecule has 2 aliphatic carbocycles. The number of amides is 1. The third kappa shape index (κ3) is 3.39. The van der Waals surface area contributed by atoms with Gasteiger partial charge in [0.25, 0.3) is 0 Å². The number of nitrogens with zero attached hydrogens (tertiary/aromatic N) is 4. The molecular formula is C22H32N4O. The van der Waals surface area contributed by atoms with E-state index in [9.17, 15) is 4.79 Å². The summed E-state index contributed by atoms with van der Waals surface area (Å²) in [6, 6.07) is 1.05. The fourth-order valence-electron chi connectivity index (χ4n) is 5.40. The zero-order chi connectivity index (χ0) is 18.4. The monoisotopic (exact) mass is 368 g/mol. The SMILES string of the molecule is Cc1nc(C2CCCCN2C2CCCC2)nc2c1CCC(=O)N2CC1CC1. The van der Waals surface area contributed by atoms with Crippen molar-refractivity contribution in [3.8, 4) is 0 Å². The Bertz CT molecular complexity index is 723. The van der Waals surface area contributed by atoms with Crippen LogP contribution in [0.4, 0.5) is 5.82 Å². The lowest BCUT2D eigenvalue weighted by Crippen LogP contribution is -2.42. The van der Waals surface area contributed by atoms with Crippen molar-refractivity contribution in [2.45, 2.75) is 89.6 Å². The van der Waals surface area contributed by atoms with Crippen LogP contribution in [0.2, 0.25) is 0 Å². The van der Waals surface area contributed by atoms with Crippen molar-refractivity contribution >= 4 is 11.7 Å². The summed E-state index contributed by atoms with van der Waals surface area (Å²) in [7, 11) is 0. The maximum atomic E-state index is 12.6. The maximum absolute atomic E-state index is 12.6. The number of fused-ring (bicyclic) bond motifs is 1. The largest absolute Gasteiger partial charge is 0.296 e. The number of carbonyl (C=O) groups excluding carboxylic acids is 1. The van der Waals surface area contributed by atoms with Gasteiger partial charge in [0.15, 0.2) is 0 Å². The summed E-state index contributed by atoms with van der Waals surface area (Å²) in [5, 5.41) is 0. The Morgan fingerprint density at radius 1 is 0.963 bits per heavy atom. The van der Waals surface area contributed by atoms with E-state index in [-0.39, 0.29) is 5.91 Å². The average molecular weight is 369 g/mol. The van der Waals surface area contributed by atoms with E-state index in [4.69, 9.17) is 9.97 Å². The van der Waals surface area contributed by atoms with Gasteiger partial charge >= 0.3 is 0 Å². The van der Waals surface area contributed by atoms with Crippen LogP contribution in [-0.2, 0) is 11.2 Å². The van der Waals surface area contributed by atoms with Crippen LogP contribution in [0.5, 0.6) is 0 Å². The smallest absolute Gasteiger partial charge is 0.228 e. The van der Waals surface area contributed by atoms with Crippen LogP contribution in [0.25, 0.3) is 0 Å². The molecule has 5 heteroatoms. The Balaban J connectivity index is 1.49. The second kappa shape index (κ2) is 7.16. The topological polar surface area (TPSA) is 49.3 Å². The van der Waals surface area contributed by atoms with Crippen molar-refractivity contribution in [3.63, 3.8) is 0 Å². The van der Waals surface area contributed by atoms with Crippen LogP contribution in [0.15, 0.2) is 0 Å². The normalized spacial score (nSPS) is 27.2. The summed E-state index contributed by atoms with van der Waals surface area (Å²) in [6.07, 6.45) is 13.0. The molecule has 27 heavy (non-hydrogen) atoms. The van der Waals surface area contributed by atoms with E-state index in [2.05, 4.69) is 11.8 Å². The molecule has 2 aliphatic heterocycles. The summed E-state index contributed by atoms with van der Waals surface area (Å²) in [5.41, 5.74) is 2.31. The molecule has 1 saturated heterocycles. The molecular weight excluding hydrogens is 336 g/mol. The van der Waals surface area contributed by atoms with Crippen molar-refractivity contribution < 1.29 is 4.79 Å². The van der Waals surface area contributed by atoms with E-state index < -0.39 is 0 Å². The zero-order valence-electron chi connectivity index (χ0n) is 16.6. The highest BCUT2D eigenvalue weighted by Gasteiger charge is 2.36. The third-order valence-corrected chi connectivity index (χ3v) is 7.13. The lowest BCUT2D eigenvalue weighted by atomic mass is 9.97. The minimum absolute atomic E-state index is 0.259. The molecule has 0 radical (unpaired) electrons. The summed E-state index contributed by atoms with van der Waals surface area (Å²) in [4.78, 5) is 27.4. The second-order valence-corrected chi connectivity index (χ2v) is 9.10. The number of rotatable bonds is 4. The molecule has 2 saturated carbocycles. The van der Waals surface area contributed by atoms with Gasteiger partial charge in [-0.1, -0.05) is 19.3 Å². The van der Waals surface area contributed by atoms with Gasteiger partial charge in [-0.3, -0.25) is 14.6 Å². The lowest BCUT2D eigenvalue weighted by molar-refractivity contribution is -0.119. The zero-order valence-corrected chi connectivity index (χ0v) is 16.6. The van der Waals surface area contributed by atoms with E-state index in [1.165, 1.54) is 63.5 Å². The Labute approximate surface area is 162 Å². The highest BCUT2D eigenvalue weighted by molar-refractivity contribution is 5.95. The number of aromatic nitrogens is 2. The fraction of sp³-hybridized carbons (Fsp3) is 0.773. The first-order chi connectivity index (χ1) is 13.2. The number of hydrogen-bond acceptors (Lipinski definition) is 4.